The monoisotopic (exact) mass is 252 g/mol. The Morgan fingerprint density at radius 1 is 1.11 bits per heavy atom. The van der Waals surface area contributed by atoms with Crippen LogP contribution in [0.3, 0.4) is 0 Å². The van der Waals surface area contributed by atoms with Gasteiger partial charge in [0.05, 0.1) is 0 Å². The lowest BCUT2D eigenvalue weighted by Crippen LogP contribution is -2.45. The van der Waals surface area contributed by atoms with Gasteiger partial charge in [-0.05, 0) is 37.5 Å². The van der Waals surface area contributed by atoms with Gasteiger partial charge in [0.1, 0.15) is 0 Å². The second kappa shape index (κ2) is 6.55. The summed E-state index contributed by atoms with van der Waals surface area (Å²) >= 11 is 0. The summed E-state index contributed by atoms with van der Waals surface area (Å²) in [7, 11) is 0. The molecule has 0 aromatic rings. The van der Waals surface area contributed by atoms with E-state index in [-0.39, 0.29) is 17.9 Å². The molecule has 2 fully saturated rings. The third kappa shape index (κ3) is 3.47. The van der Waals surface area contributed by atoms with Gasteiger partial charge in [-0.2, -0.15) is 0 Å². The molecule has 18 heavy (non-hydrogen) atoms. The molecule has 0 spiro atoms. The average Bonchev–Trinajstić information content (AvgIpc) is 2.40. The highest BCUT2D eigenvalue weighted by Gasteiger charge is 2.32. The van der Waals surface area contributed by atoms with Crippen LogP contribution >= 0.6 is 0 Å². The number of nitrogens with one attached hydrogen (secondary N) is 1. The van der Waals surface area contributed by atoms with Crippen molar-refractivity contribution in [1.29, 1.82) is 0 Å². The standard InChI is InChI=1S/C15H28N2O/c1-11-13(8-5-9-14(11)16)15(18)17-10-12-6-3-2-4-7-12/h11-14H,2-10,16H2,1H3,(H,17,18). The summed E-state index contributed by atoms with van der Waals surface area (Å²) in [5.74, 6) is 1.46. The smallest absolute Gasteiger partial charge is 0.223 e. The lowest BCUT2D eigenvalue weighted by atomic mass is 9.77. The molecule has 2 rings (SSSR count). The van der Waals surface area contributed by atoms with Gasteiger partial charge < -0.3 is 11.1 Å². The van der Waals surface area contributed by atoms with Gasteiger partial charge in [-0.1, -0.05) is 32.6 Å². The summed E-state index contributed by atoms with van der Waals surface area (Å²) in [6.45, 7) is 3.02. The van der Waals surface area contributed by atoms with Gasteiger partial charge in [0.25, 0.3) is 0 Å². The van der Waals surface area contributed by atoms with Crippen LogP contribution < -0.4 is 11.1 Å². The lowest BCUT2D eigenvalue weighted by Gasteiger charge is -2.33. The second-order valence-electron chi connectivity index (χ2n) is 6.31. The molecule has 3 unspecified atom stereocenters. The van der Waals surface area contributed by atoms with Crippen LogP contribution in [0, 0.1) is 17.8 Å². The van der Waals surface area contributed by atoms with E-state index in [1.54, 1.807) is 0 Å². The van der Waals surface area contributed by atoms with Crippen molar-refractivity contribution >= 4 is 5.91 Å². The molecule has 0 saturated heterocycles. The van der Waals surface area contributed by atoms with Crippen LogP contribution in [-0.2, 0) is 4.79 Å². The van der Waals surface area contributed by atoms with Gasteiger partial charge in [-0.15, -0.1) is 0 Å². The summed E-state index contributed by atoms with van der Waals surface area (Å²) in [5, 5.41) is 3.18. The number of carbonyl (C=O) groups is 1. The van der Waals surface area contributed by atoms with Gasteiger partial charge in [0.2, 0.25) is 5.91 Å². The highest BCUT2D eigenvalue weighted by Crippen LogP contribution is 2.29. The quantitative estimate of drug-likeness (QED) is 0.810. The fourth-order valence-electron chi connectivity index (χ4n) is 3.53. The third-order valence-electron chi connectivity index (χ3n) is 4.99. The van der Waals surface area contributed by atoms with Crippen LogP contribution in [0.4, 0.5) is 0 Å². The van der Waals surface area contributed by atoms with E-state index in [4.69, 9.17) is 5.73 Å². The molecule has 2 aliphatic carbocycles. The van der Waals surface area contributed by atoms with Gasteiger partial charge >= 0.3 is 0 Å². The maximum atomic E-state index is 12.2. The Balaban J connectivity index is 1.76. The molecule has 3 N–H and O–H groups in total. The normalized spacial score (nSPS) is 34.2. The van der Waals surface area contributed by atoms with Gasteiger partial charge in [0, 0.05) is 18.5 Å². The maximum Gasteiger partial charge on any atom is 0.223 e. The minimum Gasteiger partial charge on any atom is -0.356 e. The summed E-state index contributed by atoms with van der Waals surface area (Å²) in [6.07, 6.45) is 9.83. The molecule has 1 amide bonds. The predicted octanol–water partition coefficient (Wildman–Crippen LogP) is 2.45. The van der Waals surface area contributed by atoms with E-state index in [0.717, 1.165) is 31.7 Å². The summed E-state index contributed by atoms with van der Waals surface area (Å²) in [6, 6.07) is 0.212. The number of hydrogen-bond donors (Lipinski definition) is 2. The molecule has 0 bridgehead atoms. The first-order valence-corrected chi connectivity index (χ1v) is 7.71. The van der Waals surface area contributed by atoms with Crippen LogP contribution in [-0.4, -0.2) is 18.5 Å². The van der Waals surface area contributed by atoms with Crippen molar-refractivity contribution in [2.75, 3.05) is 6.54 Å². The van der Waals surface area contributed by atoms with Gasteiger partial charge in [-0.25, -0.2) is 0 Å². The highest BCUT2D eigenvalue weighted by molar-refractivity contribution is 5.79. The Morgan fingerprint density at radius 3 is 2.56 bits per heavy atom. The Kier molecular flexibility index (Phi) is 5.04. The maximum absolute atomic E-state index is 12.2. The van der Waals surface area contributed by atoms with Crippen molar-refractivity contribution in [3.05, 3.63) is 0 Å². The van der Waals surface area contributed by atoms with Crippen LogP contribution in [0.2, 0.25) is 0 Å². The van der Waals surface area contributed by atoms with Crippen LogP contribution in [0.5, 0.6) is 0 Å². The zero-order chi connectivity index (χ0) is 13.0. The molecule has 3 heteroatoms. The third-order valence-corrected chi connectivity index (χ3v) is 4.99. The molecule has 0 aliphatic heterocycles. The Bertz CT molecular complexity index is 274. The van der Waals surface area contributed by atoms with Crippen LogP contribution in [0.15, 0.2) is 0 Å². The van der Waals surface area contributed by atoms with Crippen molar-refractivity contribution < 1.29 is 4.79 Å². The number of amides is 1. The van der Waals surface area contributed by atoms with Crippen molar-refractivity contribution in [3.8, 4) is 0 Å². The molecular formula is C15H28N2O. The predicted molar refractivity (Wildman–Crippen MR) is 74.1 cm³/mol. The fourth-order valence-corrected chi connectivity index (χ4v) is 3.53. The molecule has 0 aromatic heterocycles. The molecule has 0 radical (unpaired) electrons. The van der Waals surface area contributed by atoms with E-state index in [0.29, 0.717) is 5.92 Å². The number of hydrogen-bond acceptors (Lipinski definition) is 2. The first-order valence-electron chi connectivity index (χ1n) is 7.71. The summed E-state index contributed by atoms with van der Waals surface area (Å²) in [4.78, 5) is 12.2. The molecule has 0 heterocycles. The van der Waals surface area contributed by atoms with Crippen molar-refractivity contribution in [3.63, 3.8) is 0 Å². The number of carbonyl (C=O) groups excluding carboxylic acids is 1. The summed E-state index contributed by atoms with van der Waals surface area (Å²) < 4.78 is 0. The van der Waals surface area contributed by atoms with Crippen molar-refractivity contribution in [2.45, 2.75) is 64.3 Å². The largest absolute Gasteiger partial charge is 0.356 e. The molecular weight excluding hydrogens is 224 g/mol. The molecule has 3 atom stereocenters. The van der Waals surface area contributed by atoms with Crippen molar-refractivity contribution in [1.82, 2.24) is 5.32 Å². The minimum atomic E-state index is 0.150. The van der Waals surface area contributed by atoms with Gasteiger partial charge in [0.15, 0.2) is 0 Å². The molecule has 3 nitrogen and oxygen atoms in total. The SMILES string of the molecule is CC1C(N)CCCC1C(=O)NCC1CCCCC1. The van der Waals surface area contributed by atoms with Crippen LogP contribution in [0.25, 0.3) is 0 Å². The molecule has 104 valence electrons. The fraction of sp³-hybridized carbons (Fsp3) is 0.933. The summed E-state index contributed by atoms with van der Waals surface area (Å²) in [5.41, 5.74) is 6.07. The topological polar surface area (TPSA) is 55.1 Å². The van der Waals surface area contributed by atoms with E-state index in [2.05, 4.69) is 12.2 Å². The van der Waals surface area contributed by atoms with E-state index in [1.807, 2.05) is 0 Å². The molecule has 2 aliphatic rings. The van der Waals surface area contributed by atoms with E-state index in [9.17, 15) is 4.79 Å². The van der Waals surface area contributed by atoms with E-state index >= 15 is 0 Å². The average molecular weight is 252 g/mol. The van der Waals surface area contributed by atoms with E-state index < -0.39 is 0 Å². The lowest BCUT2D eigenvalue weighted by molar-refractivity contribution is -0.128. The molecule has 0 aromatic carbocycles. The number of rotatable bonds is 3. The first-order chi connectivity index (χ1) is 8.68. The molecule has 2 saturated carbocycles. The zero-order valence-electron chi connectivity index (χ0n) is 11.7. The highest BCUT2D eigenvalue weighted by atomic mass is 16.1. The zero-order valence-corrected chi connectivity index (χ0v) is 11.7. The van der Waals surface area contributed by atoms with Crippen LogP contribution in [0.1, 0.15) is 58.3 Å². The van der Waals surface area contributed by atoms with Crippen molar-refractivity contribution in [2.24, 2.45) is 23.5 Å². The first kappa shape index (κ1) is 13.9. The minimum absolute atomic E-state index is 0.150. The number of nitrogens with two attached hydrogens (primary N) is 1. The van der Waals surface area contributed by atoms with E-state index in [1.165, 1.54) is 32.1 Å². The van der Waals surface area contributed by atoms with Gasteiger partial charge in [-0.3, -0.25) is 4.79 Å². The second-order valence-corrected chi connectivity index (χ2v) is 6.31. The Morgan fingerprint density at radius 2 is 1.83 bits per heavy atom. The Hall–Kier alpha value is -0.570. The Labute approximate surface area is 111 Å².